The zero-order valence-electron chi connectivity index (χ0n) is 9.67. The molecule has 1 heteroatoms. The van der Waals surface area contributed by atoms with Crippen LogP contribution in [0.25, 0.3) is 0 Å². The van der Waals surface area contributed by atoms with E-state index < -0.39 is 0 Å². The first-order chi connectivity index (χ1) is 6.90. The van der Waals surface area contributed by atoms with E-state index in [9.17, 15) is 0 Å². The molecular weight excluding hydrogens is 170 g/mol. The lowest BCUT2D eigenvalue weighted by molar-refractivity contribution is 0.219. The number of rotatable bonds is 2. The fourth-order valence-electron chi connectivity index (χ4n) is 3.24. The summed E-state index contributed by atoms with van der Waals surface area (Å²) in [5.74, 6) is 1.04. The second-order valence-electron chi connectivity index (χ2n) is 5.18. The highest BCUT2D eigenvalue weighted by Gasteiger charge is 2.24. The summed E-state index contributed by atoms with van der Waals surface area (Å²) < 4.78 is 0. The fourth-order valence-corrected chi connectivity index (χ4v) is 3.24. The van der Waals surface area contributed by atoms with Crippen LogP contribution in [0.1, 0.15) is 58.3 Å². The van der Waals surface area contributed by atoms with Gasteiger partial charge in [0.2, 0.25) is 0 Å². The molecule has 2 rings (SSSR count). The molecule has 0 aromatic heterocycles. The summed E-state index contributed by atoms with van der Waals surface area (Å²) >= 11 is 0. The van der Waals surface area contributed by atoms with E-state index in [1.165, 1.54) is 64.5 Å². The summed E-state index contributed by atoms with van der Waals surface area (Å²) in [5.41, 5.74) is 0. The summed E-state index contributed by atoms with van der Waals surface area (Å²) in [7, 11) is 0. The third-order valence-corrected chi connectivity index (χ3v) is 4.29. The van der Waals surface area contributed by atoms with E-state index in [0.29, 0.717) is 0 Å². The maximum atomic E-state index is 2.76. The Morgan fingerprint density at radius 3 is 2.43 bits per heavy atom. The van der Waals surface area contributed by atoms with Gasteiger partial charge in [0, 0.05) is 6.04 Å². The number of likely N-dealkylation sites (tertiary alicyclic amines) is 1. The fraction of sp³-hybridized carbons (Fsp3) is 1.00. The van der Waals surface area contributed by atoms with E-state index in [4.69, 9.17) is 0 Å². The molecule has 0 radical (unpaired) electrons. The first-order valence-electron chi connectivity index (χ1n) is 6.64. The maximum absolute atomic E-state index is 2.76. The highest BCUT2D eigenvalue weighted by molar-refractivity contribution is 4.80. The maximum Gasteiger partial charge on any atom is 0.00953 e. The molecule has 1 heterocycles. The van der Waals surface area contributed by atoms with Gasteiger partial charge in [0.15, 0.2) is 0 Å². The molecule has 1 aliphatic heterocycles. The molecule has 14 heavy (non-hydrogen) atoms. The minimum atomic E-state index is 0.953. The van der Waals surface area contributed by atoms with Crippen LogP contribution in [0, 0.1) is 5.92 Å². The Hall–Kier alpha value is -0.0400. The van der Waals surface area contributed by atoms with Crippen LogP contribution in [-0.4, -0.2) is 24.0 Å². The lowest BCUT2D eigenvalue weighted by atomic mass is 9.97. The molecule has 1 saturated carbocycles. The standard InChI is InChI=1S/C13H25N/c1-2-12-6-5-7-13(9-8-12)14-10-3-4-11-14/h12-13H,2-11H2,1H3. The second kappa shape index (κ2) is 5.16. The van der Waals surface area contributed by atoms with Crippen molar-refractivity contribution in [2.45, 2.75) is 64.3 Å². The Kier molecular flexibility index (Phi) is 3.86. The molecular formula is C13H25N. The van der Waals surface area contributed by atoms with Gasteiger partial charge in [-0.2, -0.15) is 0 Å². The zero-order valence-corrected chi connectivity index (χ0v) is 9.67. The van der Waals surface area contributed by atoms with Crippen LogP contribution in [0.2, 0.25) is 0 Å². The Morgan fingerprint density at radius 1 is 0.929 bits per heavy atom. The normalized spacial score (nSPS) is 35.8. The molecule has 0 amide bonds. The highest BCUT2D eigenvalue weighted by Crippen LogP contribution is 2.29. The monoisotopic (exact) mass is 195 g/mol. The quantitative estimate of drug-likeness (QED) is 0.610. The molecule has 0 aromatic rings. The van der Waals surface area contributed by atoms with Gasteiger partial charge < -0.3 is 4.90 Å². The molecule has 1 nitrogen and oxygen atoms in total. The summed E-state index contributed by atoms with van der Waals surface area (Å²) in [4.78, 5) is 2.76. The average molecular weight is 195 g/mol. The summed E-state index contributed by atoms with van der Waals surface area (Å²) in [5, 5.41) is 0. The van der Waals surface area contributed by atoms with Crippen LogP contribution in [0.4, 0.5) is 0 Å². The molecule has 1 saturated heterocycles. The van der Waals surface area contributed by atoms with E-state index in [2.05, 4.69) is 11.8 Å². The molecule has 0 aromatic carbocycles. The summed E-state index contributed by atoms with van der Waals surface area (Å²) in [6.45, 7) is 5.14. The Labute approximate surface area is 88.9 Å². The van der Waals surface area contributed by atoms with Crippen molar-refractivity contribution < 1.29 is 0 Å². The number of hydrogen-bond donors (Lipinski definition) is 0. The van der Waals surface area contributed by atoms with Crippen molar-refractivity contribution in [3.63, 3.8) is 0 Å². The van der Waals surface area contributed by atoms with E-state index >= 15 is 0 Å². The molecule has 2 unspecified atom stereocenters. The van der Waals surface area contributed by atoms with Crippen molar-refractivity contribution in [1.29, 1.82) is 0 Å². The van der Waals surface area contributed by atoms with Gasteiger partial charge in [-0.3, -0.25) is 0 Å². The predicted molar refractivity (Wildman–Crippen MR) is 61.5 cm³/mol. The second-order valence-corrected chi connectivity index (χ2v) is 5.18. The molecule has 82 valence electrons. The van der Waals surface area contributed by atoms with Gasteiger partial charge in [-0.1, -0.05) is 26.2 Å². The first-order valence-corrected chi connectivity index (χ1v) is 6.64. The first kappa shape index (κ1) is 10.5. The summed E-state index contributed by atoms with van der Waals surface area (Å²) in [6, 6.07) is 0.953. The Balaban J connectivity index is 1.82. The zero-order chi connectivity index (χ0) is 9.80. The molecule has 2 fully saturated rings. The third kappa shape index (κ3) is 2.50. The van der Waals surface area contributed by atoms with Crippen molar-refractivity contribution in [3.8, 4) is 0 Å². The van der Waals surface area contributed by atoms with Crippen molar-refractivity contribution >= 4 is 0 Å². The Morgan fingerprint density at radius 2 is 1.71 bits per heavy atom. The lowest BCUT2D eigenvalue weighted by Gasteiger charge is -2.26. The van der Waals surface area contributed by atoms with Gasteiger partial charge in [0.05, 0.1) is 0 Å². The summed E-state index contributed by atoms with van der Waals surface area (Å²) in [6.07, 6.45) is 11.8. The van der Waals surface area contributed by atoms with Crippen LogP contribution >= 0.6 is 0 Å². The van der Waals surface area contributed by atoms with Crippen molar-refractivity contribution in [2.24, 2.45) is 5.92 Å². The van der Waals surface area contributed by atoms with Crippen molar-refractivity contribution in [2.75, 3.05) is 13.1 Å². The van der Waals surface area contributed by atoms with Crippen LogP contribution in [-0.2, 0) is 0 Å². The van der Waals surface area contributed by atoms with Gasteiger partial charge >= 0.3 is 0 Å². The van der Waals surface area contributed by atoms with E-state index in [0.717, 1.165) is 12.0 Å². The van der Waals surface area contributed by atoms with Gasteiger partial charge in [0.1, 0.15) is 0 Å². The van der Waals surface area contributed by atoms with Crippen LogP contribution in [0.3, 0.4) is 0 Å². The molecule has 0 N–H and O–H groups in total. The topological polar surface area (TPSA) is 3.24 Å². The van der Waals surface area contributed by atoms with Gasteiger partial charge in [-0.15, -0.1) is 0 Å². The largest absolute Gasteiger partial charge is 0.300 e. The van der Waals surface area contributed by atoms with E-state index in [1.54, 1.807) is 0 Å². The number of nitrogens with zero attached hydrogens (tertiary/aromatic N) is 1. The minimum Gasteiger partial charge on any atom is -0.300 e. The molecule has 0 bridgehead atoms. The van der Waals surface area contributed by atoms with Crippen molar-refractivity contribution in [3.05, 3.63) is 0 Å². The molecule has 1 aliphatic carbocycles. The van der Waals surface area contributed by atoms with Crippen molar-refractivity contribution in [1.82, 2.24) is 4.90 Å². The Bertz CT molecular complexity index is 161. The van der Waals surface area contributed by atoms with E-state index in [-0.39, 0.29) is 0 Å². The molecule has 2 atom stereocenters. The van der Waals surface area contributed by atoms with Crippen LogP contribution in [0.15, 0.2) is 0 Å². The van der Waals surface area contributed by atoms with Gasteiger partial charge in [-0.05, 0) is 51.1 Å². The third-order valence-electron chi connectivity index (χ3n) is 4.29. The SMILES string of the molecule is CCC1CCCC(N2CCCC2)CC1. The van der Waals surface area contributed by atoms with E-state index in [1.807, 2.05) is 0 Å². The van der Waals surface area contributed by atoms with Crippen LogP contribution in [0.5, 0.6) is 0 Å². The number of hydrogen-bond acceptors (Lipinski definition) is 1. The van der Waals surface area contributed by atoms with Crippen LogP contribution < -0.4 is 0 Å². The smallest absolute Gasteiger partial charge is 0.00953 e. The lowest BCUT2D eigenvalue weighted by Crippen LogP contribution is -2.32. The highest BCUT2D eigenvalue weighted by atomic mass is 15.2. The molecule has 0 spiro atoms. The van der Waals surface area contributed by atoms with Gasteiger partial charge in [-0.25, -0.2) is 0 Å². The minimum absolute atomic E-state index is 0.953. The van der Waals surface area contributed by atoms with Gasteiger partial charge in [0.25, 0.3) is 0 Å². The average Bonchev–Trinajstić information content (AvgIpc) is 2.63. The molecule has 2 aliphatic rings. The predicted octanol–water partition coefficient (Wildman–Crippen LogP) is 3.44.